The molecule has 154 valence electrons. The molecule has 28 heavy (non-hydrogen) atoms. The monoisotopic (exact) mass is 398 g/mol. The van der Waals surface area contributed by atoms with Crippen LogP contribution in [0.2, 0.25) is 5.04 Å². The number of hydrogen-bond acceptors (Lipinski definition) is 2. The van der Waals surface area contributed by atoms with Crippen LogP contribution in [0.25, 0.3) is 0 Å². The molecule has 0 saturated carbocycles. The topological polar surface area (TPSA) is 18.5 Å². The summed E-state index contributed by atoms with van der Waals surface area (Å²) >= 11 is 0. The molecule has 0 aliphatic heterocycles. The summed E-state index contributed by atoms with van der Waals surface area (Å²) in [5.41, 5.74) is 0. The van der Waals surface area contributed by atoms with Crippen LogP contribution in [0.4, 0.5) is 0 Å². The van der Waals surface area contributed by atoms with Gasteiger partial charge >= 0.3 is 0 Å². The zero-order chi connectivity index (χ0) is 20.3. The van der Waals surface area contributed by atoms with Crippen molar-refractivity contribution in [3.63, 3.8) is 0 Å². The molecular formula is C25H38O2Si. The Morgan fingerprint density at radius 2 is 1.21 bits per heavy atom. The molecule has 0 fully saturated rings. The van der Waals surface area contributed by atoms with Crippen LogP contribution in [0, 0.1) is 0 Å². The first-order valence-electron chi connectivity index (χ1n) is 10.8. The standard InChI is InChI=1S/C25H38O2Si/c1-5-6-7-8-15-20-26-21-22-27-28(25(2,3)4,23-16-11-9-12-17-23)24-18-13-10-14-19-24/h9-14,16-19H,5-8,15,20-22H2,1-4H3. The van der Waals surface area contributed by atoms with Crippen molar-refractivity contribution in [1.82, 2.24) is 0 Å². The Balaban J connectivity index is 2.08. The molecule has 0 spiro atoms. The second-order valence-electron chi connectivity index (χ2n) is 8.54. The summed E-state index contributed by atoms with van der Waals surface area (Å²) in [7, 11) is -2.42. The maximum absolute atomic E-state index is 6.83. The van der Waals surface area contributed by atoms with Crippen LogP contribution < -0.4 is 10.4 Å². The van der Waals surface area contributed by atoms with Crippen LogP contribution in [0.3, 0.4) is 0 Å². The van der Waals surface area contributed by atoms with Gasteiger partial charge in [0.05, 0.1) is 13.2 Å². The fraction of sp³-hybridized carbons (Fsp3) is 0.520. The number of rotatable bonds is 12. The molecule has 2 aromatic carbocycles. The zero-order valence-corrected chi connectivity index (χ0v) is 19.2. The number of ether oxygens (including phenoxy) is 1. The van der Waals surface area contributed by atoms with Gasteiger partial charge in [0.2, 0.25) is 0 Å². The molecule has 2 nitrogen and oxygen atoms in total. The van der Waals surface area contributed by atoms with E-state index in [-0.39, 0.29) is 5.04 Å². The SMILES string of the molecule is CCCCCCCOCCO[Si](c1ccccc1)(c1ccccc1)C(C)(C)C. The predicted molar refractivity (Wildman–Crippen MR) is 123 cm³/mol. The van der Waals surface area contributed by atoms with E-state index in [1.165, 1.54) is 36.1 Å². The number of hydrogen-bond donors (Lipinski definition) is 0. The minimum Gasteiger partial charge on any atom is -0.405 e. The van der Waals surface area contributed by atoms with Crippen LogP contribution >= 0.6 is 0 Å². The first-order chi connectivity index (χ1) is 13.5. The van der Waals surface area contributed by atoms with Gasteiger partial charge in [-0.15, -0.1) is 0 Å². The Morgan fingerprint density at radius 1 is 0.679 bits per heavy atom. The minimum absolute atomic E-state index is 0.0237. The molecule has 0 heterocycles. The molecule has 0 aliphatic carbocycles. The molecule has 0 aliphatic rings. The minimum atomic E-state index is -2.42. The highest BCUT2D eigenvalue weighted by atomic mass is 28.4. The van der Waals surface area contributed by atoms with Crippen LogP contribution in [0.1, 0.15) is 59.8 Å². The fourth-order valence-corrected chi connectivity index (χ4v) is 8.47. The maximum atomic E-state index is 6.83. The van der Waals surface area contributed by atoms with Gasteiger partial charge in [-0.1, -0.05) is 114 Å². The maximum Gasteiger partial charge on any atom is 0.261 e. The lowest BCUT2D eigenvalue weighted by Gasteiger charge is -2.43. The van der Waals surface area contributed by atoms with E-state index in [4.69, 9.17) is 9.16 Å². The first kappa shape index (κ1) is 22.9. The molecule has 0 N–H and O–H groups in total. The number of benzene rings is 2. The van der Waals surface area contributed by atoms with Crippen molar-refractivity contribution >= 4 is 18.7 Å². The van der Waals surface area contributed by atoms with Gasteiger partial charge < -0.3 is 9.16 Å². The first-order valence-corrected chi connectivity index (χ1v) is 12.8. The van der Waals surface area contributed by atoms with Gasteiger partial charge in [-0.25, -0.2) is 0 Å². The van der Waals surface area contributed by atoms with Crippen molar-refractivity contribution in [3.8, 4) is 0 Å². The lowest BCUT2D eigenvalue weighted by atomic mass is 10.2. The smallest absolute Gasteiger partial charge is 0.261 e. The summed E-state index contributed by atoms with van der Waals surface area (Å²) in [6.07, 6.45) is 6.35. The normalized spacial score (nSPS) is 12.3. The Labute approximate surface area is 173 Å². The molecular weight excluding hydrogens is 360 g/mol. The van der Waals surface area contributed by atoms with E-state index in [0.717, 1.165) is 13.0 Å². The van der Waals surface area contributed by atoms with Gasteiger partial charge in [0, 0.05) is 6.61 Å². The van der Waals surface area contributed by atoms with E-state index < -0.39 is 8.32 Å². The van der Waals surface area contributed by atoms with E-state index in [2.05, 4.69) is 88.4 Å². The van der Waals surface area contributed by atoms with Crippen LogP contribution in [0.15, 0.2) is 60.7 Å². The van der Waals surface area contributed by atoms with E-state index in [1.54, 1.807) is 0 Å². The number of unbranched alkanes of at least 4 members (excludes halogenated alkanes) is 4. The molecule has 0 saturated heterocycles. The second-order valence-corrected chi connectivity index (χ2v) is 12.8. The highest BCUT2D eigenvalue weighted by Gasteiger charge is 2.49. The Kier molecular flexibility index (Phi) is 9.43. The third kappa shape index (κ3) is 6.04. The van der Waals surface area contributed by atoms with Crippen LogP contribution in [-0.2, 0) is 9.16 Å². The van der Waals surface area contributed by atoms with Crippen LogP contribution in [0.5, 0.6) is 0 Å². The Morgan fingerprint density at radius 3 is 1.71 bits per heavy atom. The van der Waals surface area contributed by atoms with Crippen molar-refractivity contribution in [1.29, 1.82) is 0 Å². The van der Waals surface area contributed by atoms with Crippen LogP contribution in [-0.4, -0.2) is 28.1 Å². The molecule has 2 aromatic rings. The van der Waals surface area contributed by atoms with E-state index in [9.17, 15) is 0 Å². The highest BCUT2D eigenvalue weighted by molar-refractivity contribution is 6.99. The largest absolute Gasteiger partial charge is 0.405 e. The molecule has 0 bridgehead atoms. The molecule has 0 amide bonds. The van der Waals surface area contributed by atoms with Crippen molar-refractivity contribution < 1.29 is 9.16 Å². The molecule has 0 radical (unpaired) electrons. The average molecular weight is 399 g/mol. The Hall–Kier alpha value is -1.42. The molecule has 2 rings (SSSR count). The van der Waals surface area contributed by atoms with Gasteiger partial charge in [0.15, 0.2) is 0 Å². The zero-order valence-electron chi connectivity index (χ0n) is 18.2. The molecule has 3 heteroatoms. The van der Waals surface area contributed by atoms with Gasteiger partial charge in [-0.05, 0) is 21.8 Å². The fourth-order valence-electron chi connectivity index (χ4n) is 3.93. The van der Waals surface area contributed by atoms with Crippen molar-refractivity contribution in [2.45, 2.75) is 64.8 Å². The third-order valence-corrected chi connectivity index (χ3v) is 10.4. The van der Waals surface area contributed by atoms with Crippen molar-refractivity contribution in [2.24, 2.45) is 0 Å². The molecule has 0 unspecified atom stereocenters. The predicted octanol–water partition coefficient (Wildman–Crippen LogP) is 5.55. The average Bonchev–Trinajstić information content (AvgIpc) is 2.70. The van der Waals surface area contributed by atoms with Gasteiger partial charge in [-0.3, -0.25) is 0 Å². The summed E-state index contributed by atoms with van der Waals surface area (Å²) in [6.45, 7) is 11.3. The van der Waals surface area contributed by atoms with Gasteiger partial charge in [-0.2, -0.15) is 0 Å². The van der Waals surface area contributed by atoms with Crippen molar-refractivity contribution in [3.05, 3.63) is 60.7 Å². The lowest BCUT2D eigenvalue weighted by Crippen LogP contribution is -2.66. The van der Waals surface area contributed by atoms with E-state index in [1.807, 2.05) is 0 Å². The summed E-state index contributed by atoms with van der Waals surface area (Å²) in [5, 5.41) is 2.68. The third-order valence-electron chi connectivity index (χ3n) is 5.36. The molecule has 0 aromatic heterocycles. The van der Waals surface area contributed by atoms with E-state index in [0.29, 0.717) is 13.2 Å². The van der Waals surface area contributed by atoms with E-state index >= 15 is 0 Å². The molecule has 0 atom stereocenters. The quantitative estimate of drug-likeness (QED) is 0.345. The van der Waals surface area contributed by atoms with Crippen molar-refractivity contribution in [2.75, 3.05) is 19.8 Å². The summed E-state index contributed by atoms with van der Waals surface area (Å²) in [6, 6.07) is 21.6. The second kappa shape index (κ2) is 11.5. The summed E-state index contributed by atoms with van der Waals surface area (Å²) < 4.78 is 12.7. The Bertz CT molecular complexity index is 610. The lowest BCUT2D eigenvalue weighted by molar-refractivity contribution is 0.0940. The summed E-state index contributed by atoms with van der Waals surface area (Å²) in [5.74, 6) is 0. The van der Waals surface area contributed by atoms with Gasteiger partial charge in [0.25, 0.3) is 8.32 Å². The highest BCUT2D eigenvalue weighted by Crippen LogP contribution is 2.36. The van der Waals surface area contributed by atoms with Gasteiger partial charge in [0.1, 0.15) is 0 Å². The summed E-state index contributed by atoms with van der Waals surface area (Å²) in [4.78, 5) is 0.